The minimum Gasteiger partial charge on any atom is -0.378 e. The normalized spacial score (nSPS) is 14.4. The molecule has 140 valence electrons. The topological polar surface area (TPSA) is 58.6 Å². The highest BCUT2D eigenvalue weighted by molar-refractivity contribution is 6.07. The van der Waals surface area contributed by atoms with Crippen LogP contribution in [0.3, 0.4) is 0 Å². The highest BCUT2D eigenvalue weighted by Crippen LogP contribution is 2.22. The minimum atomic E-state index is -0.407. The van der Waals surface area contributed by atoms with Crippen molar-refractivity contribution in [3.63, 3.8) is 0 Å². The van der Waals surface area contributed by atoms with Crippen LogP contribution in [0.2, 0.25) is 0 Å². The molecule has 0 atom stereocenters. The number of morpholine rings is 1. The van der Waals surface area contributed by atoms with Gasteiger partial charge in [-0.15, -0.1) is 0 Å². The summed E-state index contributed by atoms with van der Waals surface area (Å²) in [7, 11) is 0. The first-order chi connectivity index (χ1) is 13.0. The molecule has 6 heteroatoms. The zero-order valence-electron chi connectivity index (χ0n) is 15.1. The van der Waals surface area contributed by atoms with Crippen LogP contribution in [0, 0.1) is 5.82 Å². The second kappa shape index (κ2) is 8.60. The maximum atomic E-state index is 14.4. The second-order valence-corrected chi connectivity index (χ2v) is 6.27. The minimum absolute atomic E-state index is 0.143. The first kappa shape index (κ1) is 18.8. The molecule has 0 aromatic heterocycles. The Hall–Kier alpha value is -2.99. The number of rotatable bonds is 5. The van der Waals surface area contributed by atoms with Gasteiger partial charge in [0, 0.05) is 31.3 Å². The standard InChI is InChI=1S/C21H21FN2O3/c1-15(25)23-18-6-2-16(3-7-18)4-9-21(26)17-5-8-20(19(22)14-17)24-10-12-27-13-11-24/h2-9,14H,10-13H2,1H3,(H,23,25)/b9-4+. The summed E-state index contributed by atoms with van der Waals surface area (Å²) in [6.45, 7) is 3.86. The molecule has 1 saturated heterocycles. The predicted octanol–water partition coefficient (Wildman–Crippen LogP) is 3.52. The predicted molar refractivity (Wildman–Crippen MR) is 104 cm³/mol. The average Bonchev–Trinajstić information content (AvgIpc) is 2.67. The number of nitrogens with one attached hydrogen (secondary N) is 1. The van der Waals surface area contributed by atoms with Crippen molar-refractivity contribution in [1.82, 2.24) is 0 Å². The van der Waals surface area contributed by atoms with Crippen molar-refractivity contribution in [1.29, 1.82) is 0 Å². The van der Waals surface area contributed by atoms with E-state index in [1.807, 2.05) is 4.90 Å². The molecule has 2 aromatic rings. The van der Waals surface area contributed by atoms with E-state index in [1.165, 1.54) is 19.1 Å². The first-order valence-corrected chi connectivity index (χ1v) is 8.75. The summed E-state index contributed by atoms with van der Waals surface area (Å²) in [5.41, 5.74) is 2.29. The maximum Gasteiger partial charge on any atom is 0.221 e. The van der Waals surface area contributed by atoms with Crippen LogP contribution in [-0.4, -0.2) is 38.0 Å². The van der Waals surface area contributed by atoms with Gasteiger partial charge in [-0.2, -0.15) is 0 Å². The highest BCUT2D eigenvalue weighted by atomic mass is 19.1. The van der Waals surface area contributed by atoms with E-state index in [-0.39, 0.29) is 11.7 Å². The molecule has 3 rings (SSSR count). The van der Waals surface area contributed by atoms with Crippen LogP contribution in [0.1, 0.15) is 22.8 Å². The van der Waals surface area contributed by atoms with Gasteiger partial charge in [-0.3, -0.25) is 9.59 Å². The molecule has 1 aliphatic heterocycles. The van der Waals surface area contributed by atoms with Crippen LogP contribution in [0.25, 0.3) is 6.08 Å². The molecule has 0 unspecified atom stereocenters. The van der Waals surface area contributed by atoms with E-state index in [4.69, 9.17) is 4.74 Å². The lowest BCUT2D eigenvalue weighted by molar-refractivity contribution is -0.114. The number of hydrogen-bond donors (Lipinski definition) is 1. The Labute approximate surface area is 157 Å². The van der Waals surface area contributed by atoms with Crippen molar-refractivity contribution < 1.29 is 18.7 Å². The third-order valence-electron chi connectivity index (χ3n) is 4.24. The number of ketones is 1. The molecule has 1 amide bonds. The van der Waals surface area contributed by atoms with E-state index in [0.717, 1.165) is 5.56 Å². The number of benzene rings is 2. The quantitative estimate of drug-likeness (QED) is 0.648. The van der Waals surface area contributed by atoms with Gasteiger partial charge in [-0.05, 0) is 42.0 Å². The van der Waals surface area contributed by atoms with Crippen LogP contribution < -0.4 is 10.2 Å². The molecule has 0 aliphatic carbocycles. The van der Waals surface area contributed by atoms with E-state index < -0.39 is 5.82 Å². The fourth-order valence-corrected chi connectivity index (χ4v) is 2.87. The summed E-state index contributed by atoms with van der Waals surface area (Å²) in [5, 5.41) is 2.68. The second-order valence-electron chi connectivity index (χ2n) is 6.27. The van der Waals surface area contributed by atoms with Crippen molar-refractivity contribution >= 4 is 29.1 Å². The van der Waals surface area contributed by atoms with Crippen LogP contribution in [0.15, 0.2) is 48.5 Å². The monoisotopic (exact) mass is 368 g/mol. The lowest BCUT2D eigenvalue weighted by Gasteiger charge is -2.29. The van der Waals surface area contributed by atoms with Crippen molar-refractivity contribution in [2.75, 3.05) is 36.5 Å². The molecule has 1 aliphatic rings. The molecular weight excluding hydrogens is 347 g/mol. The van der Waals surface area contributed by atoms with Crippen LogP contribution >= 0.6 is 0 Å². The van der Waals surface area contributed by atoms with Gasteiger partial charge in [-0.25, -0.2) is 4.39 Å². The van der Waals surface area contributed by atoms with Gasteiger partial charge in [-0.1, -0.05) is 18.2 Å². The SMILES string of the molecule is CC(=O)Nc1ccc(/C=C/C(=O)c2ccc(N3CCOCC3)c(F)c2)cc1. The molecule has 1 N–H and O–H groups in total. The fourth-order valence-electron chi connectivity index (χ4n) is 2.87. The molecule has 27 heavy (non-hydrogen) atoms. The van der Waals surface area contributed by atoms with Crippen molar-refractivity contribution in [2.45, 2.75) is 6.92 Å². The molecule has 5 nitrogen and oxygen atoms in total. The van der Waals surface area contributed by atoms with E-state index >= 15 is 0 Å². The van der Waals surface area contributed by atoms with Gasteiger partial charge in [0.15, 0.2) is 5.78 Å². The maximum absolute atomic E-state index is 14.4. The fraction of sp³-hybridized carbons (Fsp3) is 0.238. The van der Waals surface area contributed by atoms with Gasteiger partial charge in [0.25, 0.3) is 0 Å². The number of amides is 1. The summed E-state index contributed by atoms with van der Waals surface area (Å²) in [4.78, 5) is 25.3. The van der Waals surface area contributed by atoms with E-state index in [2.05, 4.69) is 5.32 Å². The Balaban J connectivity index is 1.67. The summed E-state index contributed by atoms with van der Waals surface area (Å²) in [5.74, 6) is -0.819. The van der Waals surface area contributed by atoms with Crippen LogP contribution in [0.5, 0.6) is 0 Å². The van der Waals surface area contributed by atoms with Gasteiger partial charge in [0.2, 0.25) is 5.91 Å². The average molecular weight is 368 g/mol. The molecular formula is C21H21FN2O3. The largest absolute Gasteiger partial charge is 0.378 e. The number of carbonyl (C=O) groups is 2. The van der Waals surface area contributed by atoms with Crippen molar-refractivity contribution in [3.8, 4) is 0 Å². The van der Waals surface area contributed by atoms with Crippen LogP contribution in [0.4, 0.5) is 15.8 Å². The summed E-state index contributed by atoms with van der Waals surface area (Å²) >= 11 is 0. The van der Waals surface area contributed by atoms with Crippen LogP contribution in [-0.2, 0) is 9.53 Å². The lowest BCUT2D eigenvalue weighted by atomic mass is 10.1. The van der Waals surface area contributed by atoms with Crippen molar-refractivity contribution in [2.24, 2.45) is 0 Å². The summed E-state index contributed by atoms with van der Waals surface area (Å²) in [6, 6.07) is 11.6. The lowest BCUT2D eigenvalue weighted by Crippen LogP contribution is -2.36. The molecule has 0 saturated carbocycles. The zero-order chi connectivity index (χ0) is 19.2. The number of allylic oxidation sites excluding steroid dienone is 1. The Morgan fingerprint density at radius 1 is 1.11 bits per heavy atom. The molecule has 0 spiro atoms. The van der Waals surface area contributed by atoms with Gasteiger partial charge < -0.3 is 15.0 Å². The Morgan fingerprint density at radius 3 is 2.44 bits per heavy atom. The molecule has 0 bridgehead atoms. The highest BCUT2D eigenvalue weighted by Gasteiger charge is 2.16. The summed E-state index contributed by atoms with van der Waals surface area (Å²) < 4.78 is 19.7. The van der Waals surface area contributed by atoms with E-state index in [1.54, 1.807) is 42.5 Å². The number of ether oxygens (including phenoxy) is 1. The number of anilines is 2. The molecule has 2 aromatic carbocycles. The molecule has 0 radical (unpaired) electrons. The Kier molecular flexibility index (Phi) is 5.98. The third kappa shape index (κ3) is 5.01. The van der Waals surface area contributed by atoms with E-state index in [9.17, 15) is 14.0 Å². The number of halogens is 1. The third-order valence-corrected chi connectivity index (χ3v) is 4.24. The number of nitrogens with zero attached hydrogens (tertiary/aromatic N) is 1. The molecule has 1 heterocycles. The van der Waals surface area contributed by atoms with Gasteiger partial charge in [0.1, 0.15) is 5.82 Å². The summed E-state index contributed by atoms with van der Waals surface area (Å²) in [6.07, 6.45) is 3.07. The smallest absolute Gasteiger partial charge is 0.221 e. The van der Waals surface area contributed by atoms with E-state index in [0.29, 0.717) is 43.2 Å². The van der Waals surface area contributed by atoms with Gasteiger partial charge >= 0.3 is 0 Å². The van der Waals surface area contributed by atoms with Crippen molar-refractivity contribution in [3.05, 3.63) is 65.5 Å². The zero-order valence-corrected chi connectivity index (χ0v) is 15.1. The molecule has 1 fully saturated rings. The Morgan fingerprint density at radius 2 is 1.81 bits per heavy atom. The number of hydrogen-bond acceptors (Lipinski definition) is 4. The Bertz CT molecular complexity index is 856. The number of carbonyl (C=O) groups excluding carboxylic acids is 2. The van der Waals surface area contributed by atoms with Gasteiger partial charge in [0.05, 0.1) is 18.9 Å². The first-order valence-electron chi connectivity index (χ1n) is 8.75.